The van der Waals surface area contributed by atoms with E-state index in [0.29, 0.717) is 11.9 Å². The van der Waals surface area contributed by atoms with Crippen LogP contribution in [-0.4, -0.2) is 11.5 Å². The largest absolute Gasteiger partial charge is 0.431 e. The van der Waals surface area contributed by atoms with Gasteiger partial charge in [-0.25, -0.2) is 0 Å². The van der Waals surface area contributed by atoms with E-state index < -0.39 is 0 Å². The van der Waals surface area contributed by atoms with E-state index in [-0.39, 0.29) is 0 Å². The minimum atomic E-state index is 0.375. The second-order valence-electron chi connectivity index (χ2n) is 4.10. The van der Waals surface area contributed by atoms with Crippen molar-refractivity contribution in [3.63, 3.8) is 0 Å². The molecular formula is C14H17ClN2O. The smallest absolute Gasteiger partial charge is 0.302 e. The second-order valence-corrected chi connectivity index (χ2v) is 4.36. The number of oxazole rings is 1. The van der Waals surface area contributed by atoms with Crippen molar-refractivity contribution < 1.29 is 4.42 Å². The molecule has 1 heterocycles. The van der Waals surface area contributed by atoms with Crippen LogP contribution in [-0.2, 0) is 5.88 Å². The van der Waals surface area contributed by atoms with Gasteiger partial charge in [-0.3, -0.25) is 4.90 Å². The number of nitrogens with zero attached hydrogens (tertiary/aromatic N) is 2. The zero-order valence-electron chi connectivity index (χ0n) is 10.5. The van der Waals surface area contributed by atoms with Gasteiger partial charge in [0.1, 0.15) is 6.26 Å². The fourth-order valence-electron chi connectivity index (χ4n) is 1.74. The molecule has 0 saturated carbocycles. The molecule has 2 rings (SSSR count). The number of hydrogen-bond acceptors (Lipinski definition) is 3. The quantitative estimate of drug-likeness (QED) is 0.727. The summed E-state index contributed by atoms with van der Waals surface area (Å²) in [5, 5.41) is 0. The van der Waals surface area contributed by atoms with Crippen molar-refractivity contribution in [3.05, 3.63) is 42.3 Å². The number of para-hydroxylation sites is 1. The summed E-state index contributed by atoms with van der Waals surface area (Å²) in [7, 11) is 0. The normalized spacial score (nSPS) is 10.6. The Kier molecular flexibility index (Phi) is 4.65. The lowest BCUT2D eigenvalue weighted by Gasteiger charge is -2.20. The molecule has 0 fully saturated rings. The van der Waals surface area contributed by atoms with Gasteiger partial charge in [-0.05, 0) is 18.6 Å². The molecule has 0 aliphatic carbocycles. The summed E-state index contributed by atoms with van der Waals surface area (Å²) in [6.07, 6.45) is 3.84. The average Bonchev–Trinajstić information content (AvgIpc) is 2.89. The first kappa shape index (κ1) is 13.0. The Hall–Kier alpha value is -1.48. The molecular weight excluding hydrogens is 248 g/mol. The van der Waals surface area contributed by atoms with E-state index >= 15 is 0 Å². The maximum atomic E-state index is 5.75. The lowest BCUT2D eigenvalue weighted by Crippen LogP contribution is -2.18. The lowest BCUT2D eigenvalue weighted by atomic mass is 10.2. The van der Waals surface area contributed by atoms with Crippen molar-refractivity contribution in [2.24, 2.45) is 0 Å². The zero-order valence-corrected chi connectivity index (χ0v) is 11.2. The van der Waals surface area contributed by atoms with Crippen molar-refractivity contribution >= 4 is 23.3 Å². The highest BCUT2D eigenvalue weighted by molar-refractivity contribution is 6.16. The molecule has 2 aromatic rings. The Morgan fingerprint density at radius 3 is 2.67 bits per heavy atom. The summed E-state index contributed by atoms with van der Waals surface area (Å²) in [6.45, 7) is 3.06. The average molecular weight is 265 g/mol. The number of hydrogen-bond donors (Lipinski definition) is 0. The highest BCUT2D eigenvalue weighted by atomic mass is 35.5. The molecule has 4 heteroatoms. The monoisotopic (exact) mass is 264 g/mol. The molecule has 0 N–H and O–H groups in total. The number of anilines is 2. The zero-order chi connectivity index (χ0) is 12.8. The van der Waals surface area contributed by atoms with Crippen molar-refractivity contribution in [1.29, 1.82) is 0 Å². The Morgan fingerprint density at radius 2 is 2.06 bits per heavy atom. The molecule has 0 saturated heterocycles. The van der Waals surface area contributed by atoms with Gasteiger partial charge in [0.05, 0.1) is 11.6 Å². The van der Waals surface area contributed by atoms with Crippen LogP contribution in [0.2, 0.25) is 0 Å². The molecule has 0 spiro atoms. The van der Waals surface area contributed by atoms with E-state index in [1.165, 1.54) is 0 Å². The Labute approximate surface area is 112 Å². The van der Waals surface area contributed by atoms with E-state index in [4.69, 9.17) is 16.0 Å². The summed E-state index contributed by atoms with van der Waals surface area (Å²) in [4.78, 5) is 6.47. The van der Waals surface area contributed by atoms with Crippen LogP contribution in [0, 0.1) is 0 Å². The summed E-state index contributed by atoms with van der Waals surface area (Å²) in [5.41, 5.74) is 1.86. The molecule has 0 amide bonds. The van der Waals surface area contributed by atoms with Crippen LogP contribution < -0.4 is 4.90 Å². The summed E-state index contributed by atoms with van der Waals surface area (Å²) >= 11 is 5.75. The molecule has 0 atom stereocenters. The molecule has 0 bridgehead atoms. The van der Waals surface area contributed by atoms with Crippen LogP contribution in [0.3, 0.4) is 0 Å². The summed E-state index contributed by atoms with van der Waals surface area (Å²) < 4.78 is 5.50. The van der Waals surface area contributed by atoms with Crippen LogP contribution in [0.4, 0.5) is 11.7 Å². The second kappa shape index (κ2) is 6.45. The van der Waals surface area contributed by atoms with E-state index in [1.54, 1.807) is 6.26 Å². The Bertz CT molecular complexity index is 470. The predicted octanol–water partition coefficient (Wildman–Crippen LogP) is 4.35. The molecule has 1 aromatic heterocycles. The van der Waals surface area contributed by atoms with Gasteiger partial charge in [0.25, 0.3) is 0 Å². The minimum Gasteiger partial charge on any atom is -0.431 e. The molecule has 3 nitrogen and oxygen atoms in total. The van der Waals surface area contributed by atoms with Crippen LogP contribution in [0.1, 0.15) is 25.5 Å². The van der Waals surface area contributed by atoms with Gasteiger partial charge in [-0.2, -0.15) is 4.98 Å². The van der Waals surface area contributed by atoms with E-state index in [0.717, 1.165) is 30.8 Å². The number of benzene rings is 1. The van der Waals surface area contributed by atoms with Gasteiger partial charge in [-0.15, -0.1) is 11.6 Å². The fraction of sp³-hybridized carbons (Fsp3) is 0.357. The first-order chi connectivity index (χ1) is 8.85. The highest BCUT2D eigenvalue weighted by Gasteiger charge is 2.14. The molecule has 0 aliphatic heterocycles. The van der Waals surface area contributed by atoms with Crippen molar-refractivity contribution in [1.82, 2.24) is 4.98 Å². The number of rotatable bonds is 6. The molecule has 0 unspecified atom stereocenters. The maximum absolute atomic E-state index is 5.75. The maximum Gasteiger partial charge on any atom is 0.302 e. The molecule has 1 aromatic carbocycles. The number of aromatic nitrogens is 1. The van der Waals surface area contributed by atoms with Crippen molar-refractivity contribution in [3.8, 4) is 0 Å². The summed E-state index contributed by atoms with van der Waals surface area (Å²) in [5.74, 6) is 0.375. The van der Waals surface area contributed by atoms with Gasteiger partial charge >= 0.3 is 6.01 Å². The molecule has 0 aliphatic rings. The fourth-order valence-corrected chi connectivity index (χ4v) is 1.86. The van der Waals surface area contributed by atoms with Gasteiger partial charge in [0, 0.05) is 12.2 Å². The number of unbranched alkanes of at least 4 members (excludes halogenated alkanes) is 1. The van der Waals surface area contributed by atoms with Crippen LogP contribution in [0.15, 0.2) is 41.0 Å². The third kappa shape index (κ3) is 3.05. The molecule has 18 heavy (non-hydrogen) atoms. The molecule has 96 valence electrons. The topological polar surface area (TPSA) is 29.3 Å². The van der Waals surface area contributed by atoms with Gasteiger partial charge in [0.2, 0.25) is 0 Å². The van der Waals surface area contributed by atoms with E-state index in [1.807, 2.05) is 18.2 Å². The van der Waals surface area contributed by atoms with Crippen LogP contribution in [0.25, 0.3) is 0 Å². The van der Waals surface area contributed by atoms with Gasteiger partial charge in [-0.1, -0.05) is 31.5 Å². The highest BCUT2D eigenvalue weighted by Crippen LogP contribution is 2.25. The minimum absolute atomic E-state index is 0.375. The number of halogens is 1. The van der Waals surface area contributed by atoms with Gasteiger partial charge in [0.15, 0.2) is 0 Å². The lowest BCUT2D eigenvalue weighted by molar-refractivity contribution is 0.548. The van der Waals surface area contributed by atoms with Crippen LogP contribution in [0.5, 0.6) is 0 Å². The van der Waals surface area contributed by atoms with E-state index in [2.05, 4.69) is 28.9 Å². The van der Waals surface area contributed by atoms with Gasteiger partial charge < -0.3 is 4.42 Å². The predicted molar refractivity (Wildman–Crippen MR) is 74.4 cm³/mol. The molecule has 0 radical (unpaired) electrons. The summed E-state index contributed by atoms with van der Waals surface area (Å²) in [6, 6.07) is 10.8. The first-order valence-corrected chi connectivity index (χ1v) is 6.71. The first-order valence-electron chi connectivity index (χ1n) is 6.18. The third-order valence-electron chi connectivity index (χ3n) is 2.71. The van der Waals surface area contributed by atoms with Crippen molar-refractivity contribution in [2.75, 3.05) is 11.4 Å². The SMILES string of the molecule is CCCCN(c1ccccc1)c1nc(CCl)co1. The van der Waals surface area contributed by atoms with Crippen LogP contribution >= 0.6 is 11.6 Å². The van der Waals surface area contributed by atoms with E-state index in [9.17, 15) is 0 Å². The number of alkyl halides is 1. The standard InChI is InChI=1S/C14H17ClN2O/c1-2-3-9-17(13-7-5-4-6-8-13)14-16-12(10-15)11-18-14/h4-8,11H,2-3,9-10H2,1H3. The Balaban J connectivity index is 2.24. The van der Waals surface area contributed by atoms with Crippen molar-refractivity contribution in [2.45, 2.75) is 25.6 Å². The third-order valence-corrected chi connectivity index (χ3v) is 2.98. The Morgan fingerprint density at radius 1 is 1.28 bits per heavy atom.